The normalized spacial score (nSPS) is 11.5. The summed E-state index contributed by atoms with van der Waals surface area (Å²) in [7, 11) is 0. The molecule has 1 aromatic heterocycles. The molecule has 0 aromatic carbocycles. The van der Waals surface area contributed by atoms with E-state index in [0.717, 1.165) is 4.47 Å². The van der Waals surface area contributed by atoms with Crippen molar-refractivity contribution in [2.24, 2.45) is 10.7 Å². The molecule has 0 aliphatic heterocycles. The average molecular weight is 278 g/mol. The van der Waals surface area contributed by atoms with Crippen LogP contribution in [0, 0.1) is 0 Å². The van der Waals surface area contributed by atoms with Gasteiger partial charge in [-0.25, -0.2) is 0 Å². The first-order valence-corrected chi connectivity index (χ1v) is 4.47. The van der Waals surface area contributed by atoms with E-state index in [2.05, 4.69) is 41.9 Å². The van der Waals surface area contributed by atoms with Gasteiger partial charge >= 0.3 is 81.0 Å². The Morgan fingerprint density at radius 1 is 1.73 bits per heavy atom. The Labute approximate surface area is 81.1 Å². The van der Waals surface area contributed by atoms with E-state index in [1.807, 2.05) is 12.1 Å². The van der Waals surface area contributed by atoms with Crippen LogP contribution in [-0.2, 0) is 0 Å². The topological polar surface area (TPSA) is 51.3 Å². The first-order valence-electron chi connectivity index (χ1n) is 2.82. The van der Waals surface area contributed by atoms with E-state index >= 15 is 0 Å². The van der Waals surface area contributed by atoms with Crippen molar-refractivity contribution in [3.05, 3.63) is 22.8 Å². The Bertz CT molecular complexity index is 283. The molecule has 1 radical (unpaired) electrons. The predicted octanol–water partition coefficient (Wildman–Crippen LogP) is 0.959. The number of hydrogen-bond donors (Lipinski definition) is 1. The molecule has 2 N–H and O–H groups in total. The van der Waals surface area contributed by atoms with Crippen LogP contribution in [0.5, 0.6) is 0 Å². The first-order chi connectivity index (χ1) is 5.20. The monoisotopic (exact) mass is 278 g/mol. The molecular formula is C6H5BrN3Se. The van der Waals surface area contributed by atoms with Crippen molar-refractivity contribution in [3.8, 4) is 0 Å². The van der Waals surface area contributed by atoms with Gasteiger partial charge in [-0.1, -0.05) is 0 Å². The molecule has 1 aromatic rings. The number of amidine groups is 1. The molecular weight excluding hydrogens is 273 g/mol. The molecule has 0 aliphatic carbocycles. The van der Waals surface area contributed by atoms with Crippen LogP contribution in [-0.4, -0.2) is 25.7 Å². The molecule has 0 saturated carbocycles. The zero-order valence-electron chi connectivity index (χ0n) is 5.49. The molecule has 0 fully saturated rings. The van der Waals surface area contributed by atoms with Crippen LogP contribution in [0.25, 0.3) is 0 Å². The molecule has 0 amide bonds. The van der Waals surface area contributed by atoms with E-state index in [1.165, 1.54) is 0 Å². The van der Waals surface area contributed by atoms with Crippen molar-refractivity contribution in [1.82, 2.24) is 4.98 Å². The van der Waals surface area contributed by atoms with Gasteiger partial charge < -0.3 is 0 Å². The minimum absolute atomic E-state index is 0.379. The van der Waals surface area contributed by atoms with Gasteiger partial charge in [-0.05, 0) is 0 Å². The van der Waals surface area contributed by atoms with Gasteiger partial charge in [-0.2, -0.15) is 0 Å². The second-order valence-electron chi connectivity index (χ2n) is 1.76. The molecule has 0 aliphatic rings. The summed E-state index contributed by atoms with van der Waals surface area (Å²) in [4.78, 5) is 7.92. The second kappa shape index (κ2) is 3.85. The SMILES string of the molecule is NC([Se])=Nc1ncccc1Br. The number of nitrogens with two attached hydrogens (primary N) is 1. The van der Waals surface area contributed by atoms with Crippen molar-refractivity contribution < 1.29 is 0 Å². The van der Waals surface area contributed by atoms with E-state index < -0.39 is 0 Å². The Kier molecular flexibility index (Phi) is 3.05. The van der Waals surface area contributed by atoms with Gasteiger partial charge in [-0.3, -0.25) is 0 Å². The molecule has 0 bridgehead atoms. The van der Waals surface area contributed by atoms with Crippen molar-refractivity contribution in [2.75, 3.05) is 0 Å². The van der Waals surface area contributed by atoms with Crippen LogP contribution in [0.3, 0.4) is 0 Å². The Morgan fingerprint density at radius 2 is 2.45 bits per heavy atom. The van der Waals surface area contributed by atoms with Crippen molar-refractivity contribution >= 4 is 42.5 Å². The predicted molar refractivity (Wildman–Crippen MR) is 49.0 cm³/mol. The van der Waals surface area contributed by atoms with Crippen LogP contribution in [0.1, 0.15) is 0 Å². The fourth-order valence-corrected chi connectivity index (χ4v) is 1.09. The quantitative estimate of drug-likeness (QED) is 0.472. The summed E-state index contributed by atoms with van der Waals surface area (Å²) >= 11 is 5.87. The number of hydrogen-bond acceptors (Lipinski definition) is 2. The van der Waals surface area contributed by atoms with Crippen molar-refractivity contribution in [1.29, 1.82) is 0 Å². The molecule has 0 atom stereocenters. The third kappa shape index (κ3) is 2.61. The number of aliphatic imine (C=N–C) groups is 1. The van der Waals surface area contributed by atoms with E-state index in [0.29, 0.717) is 10.6 Å². The van der Waals surface area contributed by atoms with Gasteiger partial charge in [0.25, 0.3) is 0 Å². The van der Waals surface area contributed by atoms with Crippen LogP contribution in [0.15, 0.2) is 27.8 Å². The van der Waals surface area contributed by atoms with E-state index in [1.54, 1.807) is 6.20 Å². The van der Waals surface area contributed by atoms with Crippen molar-refractivity contribution in [3.63, 3.8) is 0 Å². The molecule has 0 unspecified atom stereocenters. The van der Waals surface area contributed by atoms with E-state index in [-0.39, 0.29) is 0 Å². The fraction of sp³-hybridized carbons (Fsp3) is 0. The summed E-state index contributed by atoms with van der Waals surface area (Å²) in [5, 5.41) is 0. The summed E-state index contributed by atoms with van der Waals surface area (Å²) in [5.41, 5.74) is 5.33. The first kappa shape index (κ1) is 8.71. The zero-order chi connectivity index (χ0) is 8.27. The van der Waals surface area contributed by atoms with Crippen LogP contribution < -0.4 is 5.73 Å². The summed E-state index contributed by atoms with van der Waals surface area (Å²) in [6, 6.07) is 3.67. The number of aromatic nitrogens is 1. The minimum atomic E-state index is 0.379. The van der Waals surface area contributed by atoms with Gasteiger partial charge in [0, 0.05) is 0 Å². The Hall–Kier alpha value is -0.381. The molecule has 11 heavy (non-hydrogen) atoms. The van der Waals surface area contributed by atoms with Gasteiger partial charge in [0.2, 0.25) is 0 Å². The Morgan fingerprint density at radius 3 is 3.00 bits per heavy atom. The van der Waals surface area contributed by atoms with Gasteiger partial charge in [-0.15, -0.1) is 0 Å². The summed E-state index contributed by atoms with van der Waals surface area (Å²) in [6.45, 7) is 0. The zero-order valence-corrected chi connectivity index (χ0v) is 8.79. The average Bonchev–Trinajstić information content (AvgIpc) is 1.93. The van der Waals surface area contributed by atoms with Gasteiger partial charge in [0.05, 0.1) is 0 Å². The number of nitrogens with zero attached hydrogens (tertiary/aromatic N) is 2. The number of rotatable bonds is 1. The molecule has 57 valence electrons. The van der Waals surface area contributed by atoms with Crippen LogP contribution in [0.4, 0.5) is 5.82 Å². The second-order valence-corrected chi connectivity index (χ2v) is 3.49. The molecule has 3 nitrogen and oxygen atoms in total. The molecule has 1 rings (SSSR count). The molecule has 1 heterocycles. The Balaban J connectivity index is 3.04. The van der Waals surface area contributed by atoms with Crippen molar-refractivity contribution in [2.45, 2.75) is 0 Å². The maximum atomic E-state index is 5.33. The fourth-order valence-electron chi connectivity index (χ4n) is 0.564. The van der Waals surface area contributed by atoms with Gasteiger partial charge in [0.1, 0.15) is 0 Å². The summed E-state index contributed by atoms with van der Waals surface area (Å²) in [5.74, 6) is 0.587. The van der Waals surface area contributed by atoms with E-state index in [4.69, 9.17) is 5.73 Å². The maximum absolute atomic E-state index is 5.33. The summed E-state index contributed by atoms with van der Waals surface area (Å²) < 4.78 is 1.21. The number of pyridine rings is 1. The van der Waals surface area contributed by atoms with Crippen LogP contribution in [0.2, 0.25) is 0 Å². The van der Waals surface area contributed by atoms with Gasteiger partial charge in [0.15, 0.2) is 0 Å². The third-order valence-electron chi connectivity index (χ3n) is 0.955. The van der Waals surface area contributed by atoms with Crippen LogP contribution >= 0.6 is 15.9 Å². The molecule has 0 saturated heterocycles. The summed E-state index contributed by atoms with van der Waals surface area (Å²) in [6.07, 6.45) is 1.66. The third-order valence-corrected chi connectivity index (χ3v) is 1.77. The standard InChI is InChI=1S/C6H5BrN3Se/c7-4-2-1-3-9-5(4)10-6(8)11/h1-3H,(H2,8,9,10). The molecule has 0 spiro atoms. The number of halogens is 1. The van der Waals surface area contributed by atoms with E-state index in [9.17, 15) is 0 Å². The molecule has 5 heteroatoms.